The number of benzene rings is 2. The first-order valence-corrected chi connectivity index (χ1v) is 11.1. The van der Waals surface area contributed by atoms with Gasteiger partial charge < -0.3 is 4.74 Å². The predicted octanol–water partition coefficient (Wildman–Crippen LogP) is 3.19. The highest BCUT2D eigenvalue weighted by molar-refractivity contribution is 7.91. The van der Waals surface area contributed by atoms with Crippen LogP contribution >= 0.6 is 22.9 Å². The van der Waals surface area contributed by atoms with Gasteiger partial charge in [-0.2, -0.15) is 0 Å². The summed E-state index contributed by atoms with van der Waals surface area (Å²) in [5, 5.41) is 10.5. The molecule has 152 valence electrons. The van der Waals surface area contributed by atoms with Crippen LogP contribution in [0.3, 0.4) is 0 Å². The van der Waals surface area contributed by atoms with Crippen molar-refractivity contribution >= 4 is 44.0 Å². The highest BCUT2D eigenvalue weighted by atomic mass is 35.5. The van der Waals surface area contributed by atoms with Crippen LogP contribution in [0.1, 0.15) is 17.3 Å². The highest BCUT2D eigenvalue weighted by Crippen LogP contribution is 2.21. The van der Waals surface area contributed by atoms with Gasteiger partial charge in [0.25, 0.3) is 15.9 Å². The molecule has 1 atom stereocenters. The molecule has 1 heterocycles. The molecule has 0 radical (unpaired) electrons. The van der Waals surface area contributed by atoms with E-state index in [4.69, 9.17) is 16.3 Å². The molecule has 29 heavy (non-hydrogen) atoms. The summed E-state index contributed by atoms with van der Waals surface area (Å²) in [4.78, 5) is 12.2. The molecule has 1 amide bonds. The fourth-order valence-corrected chi connectivity index (χ4v) is 4.49. The summed E-state index contributed by atoms with van der Waals surface area (Å²) in [6, 6.07) is 14.8. The Bertz CT molecular complexity index is 1070. The van der Waals surface area contributed by atoms with Crippen molar-refractivity contribution in [3.05, 3.63) is 65.2 Å². The first-order valence-electron chi connectivity index (χ1n) is 8.44. The van der Waals surface area contributed by atoms with E-state index in [1.54, 1.807) is 43.3 Å². The van der Waals surface area contributed by atoms with E-state index in [1.165, 1.54) is 0 Å². The molecule has 0 bridgehead atoms. The normalized spacial score (nSPS) is 12.3. The van der Waals surface area contributed by atoms with Crippen LogP contribution < -0.4 is 14.8 Å². The Hall–Kier alpha value is -2.53. The van der Waals surface area contributed by atoms with Crippen molar-refractivity contribution in [3.63, 3.8) is 0 Å². The van der Waals surface area contributed by atoms with Crippen LogP contribution in [0.25, 0.3) is 0 Å². The van der Waals surface area contributed by atoms with Crippen LogP contribution in [0.4, 0.5) is 5.13 Å². The lowest BCUT2D eigenvalue weighted by atomic mass is 10.2. The minimum absolute atomic E-state index is 0.0681. The quantitative estimate of drug-likeness (QED) is 0.508. The zero-order valence-corrected chi connectivity index (χ0v) is 17.6. The fourth-order valence-electron chi connectivity index (χ4n) is 2.23. The van der Waals surface area contributed by atoms with Crippen LogP contribution in [0, 0.1) is 0 Å². The molecule has 0 aliphatic carbocycles. The second-order valence-corrected chi connectivity index (χ2v) is 9.28. The zero-order valence-electron chi connectivity index (χ0n) is 15.2. The number of ether oxygens (including phenoxy) is 1. The average Bonchev–Trinajstić information content (AvgIpc) is 3.17. The van der Waals surface area contributed by atoms with Crippen molar-refractivity contribution in [1.82, 2.24) is 14.9 Å². The highest BCUT2D eigenvalue weighted by Gasteiger charge is 2.23. The third kappa shape index (κ3) is 5.97. The summed E-state index contributed by atoms with van der Waals surface area (Å²) < 4.78 is 32.7. The van der Waals surface area contributed by atoms with Crippen LogP contribution in [-0.2, 0) is 10.0 Å². The second-order valence-electron chi connectivity index (χ2n) is 5.98. The lowest BCUT2D eigenvalue weighted by Gasteiger charge is -2.13. The van der Waals surface area contributed by atoms with Crippen LogP contribution in [0.2, 0.25) is 5.02 Å². The van der Waals surface area contributed by atoms with Crippen LogP contribution in [-0.4, -0.2) is 37.2 Å². The predicted molar refractivity (Wildman–Crippen MR) is 111 cm³/mol. The monoisotopic (exact) mass is 452 g/mol. The van der Waals surface area contributed by atoms with Crippen molar-refractivity contribution < 1.29 is 17.9 Å². The number of sulfonamides is 1. The SMILES string of the molecule is C[C@H](COc1ccccc1)NS(=O)(=O)c1nnc(NC(=O)c2ccc(Cl)cc2)s1. The number of aromatic nitrogens is 2. The molecule has 8 nitrogen and oxygen atoms in total. The number of nitrogens with one attached hydrogen (secondary N) is 2. The van der Waals surface area contributed by atoms with Gasteiger partial charge in [0.1, 0.15) is 12.4 Å². The smallest absolute Gasteiger partial charge is 0.270 e. The zero-order chi connectivity index (χ0) is 20.9. The number of carbonyl (C=O) groups excluding carboxylic acids is 1. The summed E-state index contributed by atoms with van der Waals surface area (Å²) in [6.07, 6.45) is 0. The minimum Gasteiger partial charge on any atom is -0.492 e. The first kappa shape index (κ1) is 21.2. The van der Waals surface area contributed by atoms with Crippen molar-refractivity contribution in [2.45, 2.75) is 17.3 Å². The Labute approximate surface area is 176 Å². The average molecular weight is 453 g/mol. The maximum atomic E-state index is 12.5. The van der Waals surface area contributed by atoms with Gasteiger partial charge in [-0.1, -0.05) is 41.1 Å². The van der Waals surface area contributed by atoms with Gasteiger partial charge in [0, 0.05) is 10.6 Å². The molecule has 3 rings (SSSR count). The van der Waals surface area contributed by atoms with Gasteiger partial charge >= 0.3 is 0 Å². The Morgan fingerprint density at radius 2 is 1.83 bits per heavy atom. The molecular weight excluding hydrogens is 436 g/mol. The third-order valence-electron chi connectivity index (χ3n) is 3.56. The summed E-state index contributed by atoms with van der Waals surface area (Å²) in [7, 11) is -3.90. The van der Waals surface area contributed by atoms with Crippen molar-refractivity contribution in [2.75, 3.05) is 11.9 Å². The summed E-state index contributed by atoms with van der Waals surface area (Å²) in [5.41, 5.74) is 0.360. The van der Waals surface area contributed by atoms with Crippen LogP contribution in [0.5, 0.6) is 5.75 Å². The molecule has 0 saturated heterocycles. The molecule has 0 aliphatic rings. The molecule has 2 aromatic carbocycles. The number of amides is 1. The second kappa shape index (κ2) is 9.31. The number of hydrogen-bond donors (Lipinski definition) is 2. The van der Waals surface area contributed by atoms with E-state index in [2.05, 4.69) is 20.2 Å². The minimum atomic E-state index is -3.90. The van der Waals surface area contributed by atoms with Gasteiger partial charge in [0.05, 0.1) is 6.04 Å². The molecule has 11 heteroatoms. The Morgan fingerprint density at radius 1 is 1.14 bits per heavy atom. The van der Waals surface area contributed by atoms with E-state index in [1.807, 2.05) is 18.2 Å². The van der Waals surface area contributed by atoms with Gasteiger partial charge in [0.2, 0.25) is 9.47 Å². The number of halogens is 1. The van der Waals surface area contributed by atoms with Gasteiger partial charge in [-0.15, -0.1) is 10.2 Å². The van der Waals surface area contributed by atoms with Crippen molar-refractivity contribution in [3.8, 4) is 5.75 Å². The van der Waals surface area contributed by atoms with Crippen molar-refractivity contribution in [1.29, 1.82) is 0 Å². The van der Waals surface area contributed by atoms with Gasteiger partial charge in [-0.25, -0.2) is 13.1 Å². The topological polar surface area (TPSA) is 110 Å². The Morgan fingerprint density at radius 3 is 2.52 bits per heavy atom. The molecular formula is C18H17ClN4O4S2. The first-order chi connectivity index (χ1) is 13.8. The van der Waals surface area contributed by atoms with Crippen LogP contribution in [0.15, 0.2) is 58.9 Å². The van der Waals surface area contributed by atoms with E-state index in [-0.39, 0.29) is 16.1 Å². The van der Waals surface area contributed by atoms with Crippen molar-refractivity contribution in [2.24, 2.45) is 0 Å². The lowest BCUT2D eigenvalue weighted by Crippen LogP contribution is -2.36. The van der Waals surface area contributed by atoms with E-state index in [9.17, 15) is 13.2 Å². The maximum Gasteiger partial charge on any atom is 0.270 e. The Kier molecular flexibility index (Phi) is 6.80. The van der Waals surface area contributed by atoms with E-state index < -0.39 is 22.0 Å². The largest absolute Gasteiger partial charge is 0.492 e. The molecule has 0 spiro atoms. The van der Waals surface area contributed by atoms with Gasteiger partial charge in [0.15, 0.2) is 0 Å². The van der Waals surface area contributed by atoms with Gasteiger partial charge in [-0.3, -0.25) is 10.1 Å². The number of nitrogens with zero attached hydrogens (tertiary/aromatic N) is 2. The summed E-state index contributed by atoms with van der Waals surface area (Å²) >= 11 is 6.55. The molecule has 2 N–H and O–H groups in total. The number of para-hydroxylation sites is 1. The molecule has 0 unspecified atom stereocenters. The molecule has 0 saturated carbocycles. The lowest BCUT2D eigenvalue weighted by molar-refractivity contribution is 0.102. The van der Waals surface area contributed by atoms with E-state index in [0.29, 0.717) is 16.3 Å². The molecule has 1 aromatic heterocycles. The Balaban J connectivity index is 1.59. The fraction of sp³-hybridized carbons (Fsp3) is 0.167. The standard InChI is InChI=1S/C18H17ClN4O4S2/c1-12(11-27-15-5-3-2-4-6-15)23-29(25,26)18-22-21-17(28-18)20-16(24)13-7-9-14(19)10-8-13/h2-10,12,23H,11H2,1H3,(H,20,21,24)/t12-/m1/s1. The van der Waals surface area contributed by atoms with E-state index in [0.717, 1.165) is 11.3 Å². The number of hydrogen-bond acceptors (Lipinski definition) is 7. The number of carbonyl (C=O) groups is 1. The molecule has 0 fully saturated rings. The maximum absolute atomic E-state index is 12.5. The summed E-state index contributed by atoms with van der Waals surface area (Å²) in [6.45, 7) is 1.81. The van der Waals surface area contributed by atoms with E-state index >= 15 is 0 Å². The summed E-state index contributed by atoms with van der Waals surface area (Å²) in [5.74, 6) is 0.195. The number of rotatable bonds is 8. The third-order valence-corrected chi connectivity index (χ3v) is 6.61. The number of anilines is 1. The van der Waals surface area contributed by atoms with Gasteiger partial charge in [-0.05, 0) is 43.3 Å². The molecule has 0 aliphatic heterocycles. The molecule has 3 aromatic rings.